The summed E-state index contributed by atoms with van der Waals surface area (Å²) in [5.74, 6) is 2.01. The maximum atomic E-state index is 6.33. The Balaban J connectivity index is 2.09. The summed E-state index contributed by atoms with van der Waals surface area (Å²) in [5, 5.41) is 0. The molecular weight excluding hydrogens is 214 g/mol. The highest BCUT2D eigenvalue weighted by molar-refractivity contribution is 5.04. The van der Waals surface area contributed by atoms with Crippen LogP contribution >= 0.6 is 0 Å². The fourth-order valence-corrected chi connectivity index (χ4v) is 1.92. The van der Waals surface area contributed by atoms with Gasteiger partial charge in [-0.2, -0.15) is 0 Å². The predicted molar refractivity (Wildman–Crippen MR) is 66.4 cm³/mol. The lowest BCUT2D eigenvalue weighted by Crippen LogP contribution is -2.42. The topological polar surface area (TPSA) is 61.7 Å². The van der Waals surface area contributed by atoms with E-state index in [0.29, 0.717) is 0 Å². The molecule has 0 saturated heterocycles. The average molecular weight is 233 g/mol. The van der Waals surface area contributed by atoms with E-state index in [4.69, 9.17) is 5.73 Å². The Morgan fingerprint density at radius 1 is 1.06 bits per heavy atom. The van der Waals surface area contributed by atoms with Crippen molar-refractivity contribution < 1.29 is 0 Å². The summed E-state index contributed by atoms with van der Waals surface area (Å²) < 4.78 is 4.01. The summed E-state index contributed by atoms with van der Waals surface area (Å²) >= 11 is 0. The molecule has 0 amide bonds. The molecule has 2 N–H and O–H groups in total. The van der Waals surface area contributed by atoms with Crippen molar-refractivity contribution in [2.45, 2.75) is 25.3 Å². The maximum Gasteiger partial charge on any atom is 0.110 e. The van der Waals surface area contributed by atoms with Crippen LogP contribution in [0.15, 0.2) is 24.8 Å². The van der Waals surface area contributed by atoms with Crippen molar-refractivity contribution in [2.24, 2.45) is 19.8 Å². The molecule has 0 aliphatic rings. The third-order valence-corrected chi connectivity index (χ3v) is 2.97. The summed E-state index contributed by atoms with van der Waals surface area (Å²) in [6.45, 7) is 2.04. The van der Waals surface area contributed by atoms with E-state index in [-0.39, 0.29) is 5.54 Å². The molecule has 2 heterocycles. The van der Waals surface area contributed by atoms with Gasteiger partial charge in [-0.3, -0.25) is 0 Å². The van der Waals surface area contributed by atoms with Crippen LogP contribution in [0.25, 0.3) is 0 Å². The molecule has 0 saturated carbocycles. The highest BCUT2D eigenvalue weighted by Crippen LogP contribution is 2.14. The third kappa shape index (κ3) is 2.74. The monoisotopic (exact) mass is 233 g/mol. The first-order chi connectivity index (χ1) is 7.98. The highest BCUT2D eigenvalue weighted by Gasteiger charge is 2.23. The lowest BCUT2D eigenvalue weighted by Gasteiger charge is -2.23. The number of hydrogen-bond donors (Lipinski definition) is 1. The van der Waals surface area contributed by atoms with Crippen LogP contribution in [0.1, 0.15) is 18.6 Å². The molecule has 2 aromatic heterocycles. The van der Waals surface area contributed by atoms with Crippen molar-refractivity contribution in [3.63, 3.8) is 0 Å². The van der Waals surface area contributed by atoms with E-state index >= 15 is 0 Å². The SMILES string of the molecule is Cn1ccnc1CC(C)(N)Cc1nccn1C. The van der Waals surface area contributed by atoms with Gasteiger partial charge in [0.25, 0.3) is 0 Å². The van der Waals surface area contributed by atoms with E-state index < -0.39 is 0 Å². The zero-order valence-electron chi connectivity index (χ0n) is 10.6. The Labute approximate surface area is 101 Å². The average Bonchev–Trinajstić information content (AvgIpc) is 2.78. The Morgan fingerprint density at radius 2 is 1.47 bits per heavy atom. The molecule has 0 spiro atoms. The van der Waals surface area contributed by atoms with Gasteiger partial charge in [0.15, 0.2) is 0 Å². The number of nitrogens with two attached hydrogens (primary N) is 1. The molecule has 0 aromatic carbocycles. The molecule has 2 rings (SSSR count). The maximum absolute atomic E-state index is 6.33. The summed E-state index contributed by atoms with van der Waals surface area (Å²) in [6.07, 6.45) is 8.95. The van der Waals surface area contributed by atoms with Gasteiger partial charge in [-0.25, -0.2) is 9.97 Å². The molecule has 5 nitrogen and oxygen atoms in total. The zero-order valence-corrected chi connectivity index (χ0v) is 10.6. The second-order valence-electron chi connectivity index (χ2n) is 4.92. The van der Waals surface area contributed by atoms with E-state index in [0.717, 1.165) is 24.5 Å². The number of hydrogen-bond acceptors (Lipinski definition) is 3. The van der Waals surface area contributed by atoms with Crippen LogP contribution in [-0.2, 0) is 26.9 Å². The number of nitrogens with zero attached hydrogens (tertiary/aromatic N) is 4. The van der Waals surface area contributed by atoms with Gasteiger partial charge in [0, 0.05) is 57.3 Å². The summed E-state index contributed by atoms with van der Waals surface area (Å²) in [6, 6.07) is 0. The Bertz CT molecular complexity index is 450. The van der Waals surface area contributed by atoms with Crippen LogP contribution in [0.2, 0.25) is 0 Å². The van der Waals surface area contributed by atoms with Crippen molar-refractivity contribution in [3.05, 3.63) is 36.4 Å². The van der Waals surface area contributed by atoms with E-state index in [1.54, 1.807) is 12.4 Å². The first kappa shape index (κ1) is 11.9. The molecule has 17 heavy (non-hydrogen) atoms. The van der Waals surface area contributed by atoms with Crippen LogP contribution in [0.4, 0.5) is 0 Å². The molecule has 2 aromatic rings. The van der Waals surface area contributed by atoms with Gasteiger partial charge in [-0.15, -0.1) is 0 Å². The molecule has 0 aliphatic carbocycles. The second kappa shape index (κ2) is 4.33. The molecule has 0 bridgehead atoms. The van der Waals surface area contributed by atoms with Crippen molar-refractivity contribution >= 4 is 0 Å². The van der Waals surface area contributed by atoms with Crippen LogP contribution in [0.5, 0.6) is 0 Å². The van der Waals surface area contributed by atoms with Crippen molar-refractivity contribution in [1.29, 1.82) is 0 Å². The van der Waals surface area contributed by atoms with E-state index in [1.807, 2.05) is 42.5 Å². The lowest BCUT2D eigenvalue weighted by molar-refractivity contribution is 0.431. The number of rotatable bonds is 4. The molecule has 0 radical (unpaired) electrons. The molecule has 5 heteroatoms. The van der Waals surface area contributed by atoms with Crippen LogP contribution in [-0.4, -0.2) is 24.6 Å². The number of imidazole rings is 2. The molecule has 0 atom stereocenters. The highest BCUT2D eigenvalue weighted by atomic mass is 15.1. The van der Waals surface area contributed by atoms with Gasteiger partial charge in [-0.1, -0.05) is 0 Å². The molecule has 0 unspecified atom stereocenters. The van der Waals surface area contributed by atoms with Gasteiger partial charge >= 0.3 is 0 Å². The minimum Gasteiger partial charge on any atom is -0.338 e. The molecule has 0 aliphatic heterocycles. The van der Waals surface area contributed by atoms with Crippen molar-refractivity contribution in [1.82, 2.24) is 19.1 Å². The lowest BCUT2D eigenvalue weighted by atomic mass is 9.94. The van der Waals surface area contributed by atoms with E-state index in [9.17, 15) is 0 Å². The normalized spacial score (nSPS) is 12.0. The minimum atomic E-state index is -0.335. The van der Waals surface area contributed by atoms with Crippen molar-refractivity contribution in [3.8, 4) is 0 Å². The minimum absolute atomic E-state index is 0.335. The Morgan fingerprint density at radius 3 is 1.76 bits per heavy atom. The Hall–Kier alpha value is -1.62. The van der Waals surface area contributed by atoms with Crippen LogP contribution < -0.4 is 5.73 Å². The third-order valence-electron chi connectivity index (χ3n) is 2.97. The molecule has 0 fully saturated rings. The first-order valence-electron chi connectivity index (χ1n) is 5.69. The van der Waals surface area contributed by atoms with Crippen LogP contribution in [0, 0.1) is 0 Å². The van der Waals surface area contributed by atoms with E-state index in [2.05, 4.69) is 9.97 Å². The zero-order chi connectivity index (χ0) is 12.5. The van der Waals surface area contributed by atoms with Crippen LogP contribution in [0.3, 0.4) is 0 Å². The smallest absolute Gasteiger partial charge is 0.110 e. The fourth-order valence-electron chi connectivity index (χ4n) is 1.92. The quantitative estimate of drug-likeness (QED) is 0.843. The Kier molecular flexibility index (Phi) is 3.02. The fraction of sp³-hybridized carbons (Fsp3) is 0.500. The molecular formula is C12H19N5. The van der Waals surface area contributed by atoms with Crippen molar-refractivity contribution in [2.75, 3.05) is 0 Å². The van der Waals surface area contributed by atoms with Gasteiger partial charge in [0.2, 0.25) is 0 Å². The largest absolute Gasteiger partial charge is 0.338 e. The second-order valence-corrected chi connectivity index (χ2v) is 4.92. The van der Waals surface area contributed by atoms with Gasteiger partial charge in [0.05, 0.1) is 0 Å². The standard InChI is InChI=1S/C12H19N5/c1-12(13,8-10-14-4-6-16(10)2)9-11-15-5-7-17(11)3/h4-7H,8-9,13H2,1-3H3. The van der Waals surface area contributed by atoms with E-state index in [1.165, 1.54) is 0 Å². The first-order valence-corrected chi connectivity index (χ1v) is 5.69. The number of aromatic nitrogens is 4. The summed E-state index contributed by atoms with van der Waals surface area (Å²) in [4.78, 5) is 8.62. The van der Waals surface area contributed by atoms with Gasteiger partial charge in [-0.05, 0) is 6.92 Å². The summed E-state index contributed by atoms with van der Waals surface area (Å²) in [5.41, 5.74) is 6.00. The van der Waals surface area contributed by atoms with Gasteiger partial charge < -0.3 is 14.9 Å². The molecule has 92 valence electrons. The summed E-state index contributed by atoms with van der Waals surface area (Å²) in [7, 11) is 3.97. The number of aryl methyl sites for hydroxylation is 2. The van der Waals surface area contributed by atoms with Gasteiger partial charge in [0.1, 0.15) is 11.6 Å². The predicted octanol–water partition coefficient (Wildman–Crippen LogP) is 0.656.